The fraction of sp³-hybridized carbons (Fsp3) is 0.200. The van der Waals surface area contributed by atoms with Crippen LogP contribution in [-0.4, -0.2) is 17.3 Å². The van der Waals surface area contributed by atoms with Gasteiger partial charge in [0.1, 0.15) is 0 Å². The summed E-state index contributed by atoms with van der Waals surface area (Å²) in [4.78, 5) is 17.7. The molecule has 0 radical (unpaired) electrons. The molecule has 1 amide bonds. The first-order valence-corrected chi connectivity index (χ1v) is 8.91. The standard InChI is InChI=1S/C20H16N2O3S/c1-4-7-22-15-9-16-17(25-11-24-16)10-18(15)26-20(22)21-19(23)14-8-12(2)5-6-13(14)3/h1,5-6,8-10H,7,11H2,2-3H3. The highest BCUT2D eigenvalue weighted by Gasteiger charge is 2.18. The third kappa shape index (κ3) is 2.76. The van der Waals surface area contributed by atoms with Crippen LogP contribution >= 0.6 is 11.3 Å². The topological polar surface area (TPSA) is 52.8 Å². The number of thiazole rings is 1. The summed E-state index contributed by atoms with van der Waals surface area (Å²) in [5.74, 6) is 3.72. The van der Waals surface area contributed by atoms with Gasteiger partial charge < -0.3 is 14.0 Å². The number of ether oxygens (including phenoxy) is 2. The lowest BCUT2D eigenvalue weighted by molar-refractivity contribution is 0.0997. The number of benzene rings is 2. The largest absolute Gasteiger partial charge is 0.454 e. The zero-order chi connectivity index (χ0) is 18.3. The number of amides is 1. The normalized spacial score (nSPS) is 13.2. The van der Waals surface area contributed by atoms with E-state index in [0.29, 0.717) is 28.4 Å². The van der Waals surface area contributed by atoms with E-state index in [1.807, 2.05) is 48.7 Å². The maximum absolute atomic E-state index is 12.7. The third-order valence-corrected chi connectivity index (χ3v) is 5.29. The van der Waals surface area contributed by atoms with E-state index < -0.39 is 0 Å². The summed E-state index contributed by atoms with van der Waals surface area (Å²) in [6, 6.07) is 9.54. The Balaban J connectivity index is 1.89. The van der Waals surface area contributed by atoms with Gasteiger partial charge in [0, 0.05) is 17.7 Å². The van der Waals surface area contributed by atoms with Crippen molar-refractivity contribution < 1.29 is 14.3 Å². The van der Waals surface area contributed by atoms with Crippen LogP contribution in [0.25, 0.3) is 10.2 Å². The summed E-state index contributed by atoms with van der Waals surface area (Å²) >= 11 is 1.41. The molecule has 1 aromatic heterocycles. The molecule has 0 fully saturated rings. The molecule has 0 saturated carbocycles. The minimum atomic E-state index is -0.274. The molecule has 0 spiro atoms. The van der Waals surface area contributed by atoms with E-state index >= 15 is 0 Å². The van der Waals surface area contributed by atoms with Gasteiger partial charge in [-0.2, -0.15) is 4.99 Å². The van der Waals surface area contributed by atoms with Gasteiger partial charge in [0.15, 0.2) is 16.3 Å². The summed E-state index contributed by atoms with van der Waals surface area (Å²) in [5, 5.41) is 0. The van der Waals surface area contributed by atoms with Crippen LogP contribution in [0.15, 0.2) is 35.3 Å². The summed E-state index contributed by atoms with van der Waals surface area (Å²) in [5.41, 5.74) is 3.40. The molecule has 4 rings (SSSR count). The Labute approximate surface area is 154 Å². The first kappa shape index (κ1) is 16.4. The Kier molecular flexibility index (Phi) is 4.02. The number of hydrogen-bond donors (Lipinski definition) is 0. The molecule has 0 atom stereocenters. The van der Waals surface area contributed by atoms with Crippen LogP contribution in [0.5, 0.6) is 11.5 Å². The van der Waals surface area contributed by atoms with Crippen molar-refractivity contribution >= 4 is 27.5 Å². The highest BCUT2D eigenvalue weighted by atomic mass is 32.1. The number of fused-ring (bicyclic) bond motifs is 2. The fourth-order valence-electron chi connectivity index (χ4n) is 2.90. The Morgan fingerprint density at radius 3 is 2.81 bits per heavy atom. The fourth-order valence-corrected chi connectivity index (χ4v) is 3.94. The van der Waals surface area contributed by atoms with Gasteiger partial charge in [-0.25, -0.2) is 0 Å². The second kappa shape index (κ2) is 6.36. The molecule has 6 heteroatoms. The lowest BCUT2D eigenvalue weighted by atomic mass is 10.1. The highest BCUT2D eigenvalue weighted by molar-refractivity contribution is 7.16. The van der Waals surface area contributed by atoms with Crippen LogP contribution in [0.1, 0.15) is 21.5 Å². The predicted molar refractivity (Wildman–Crippen MR) is 101 cm³/mol. The van der Waals surface area contributed by atoms with Crippen molar-refractivity contribution in [3.05, 3.63) is 51.8 Å². The van der Waals surface area contributed by atoms with Crippen molar-refractivity contribution in [3.63, 3.8) is 0 Å². The van der Waals surface area contributed by atoms with Gasteiger partial charge in [-0.3, -0.25) is 4.79 Å². The first-order chi connectivity index (χ1) is 12.6. The van der Waals surface area contributed by atoms with Crippen LogP contribution < -0.4 is 14.3 Å². The van der Waals surface area contributed by atoms with Gasteiger partial charge in [-0.1, -0.05) is 35.0 Å². The van der Waals surface area contributed by atoms with Crippen LogP contribution in [0.3, 0.4) is 0 Å². The number of terminal acetylenes is 1. The second-order valence-electron chi connectivity index (χ2n) is 6.08. The van der Waals surface area contributed by atoms with Crippen molar-refractivity contribution in [2.75, 3.05) is 6.79 Å². The Hall–Kier alpha value is -3.04. The van der Waals surface area contributed by atoms with Crippen molar-refractivity contribution in [2.24, 2.45) is 4.99 Å². The molecule has 0 bridgehead atoms. The number of rotatable bonds is 2. The van der Waals surface area contributed by atoms with Crippen molar-refractivity contribution in [1.82, 2.24) is 4.57 Å². The van der Waals surface area contributed by atoms with Crippen molar-refractivity contribution in [1.29, 1.82) is 0 Å². The molecule has 1 aliphatic heterocycles. The molecule has 0 N–H and O–H groups in total. The van der Waals surface area contributed by atoms with E-state index in [9.17, 15) is 4.79 Å². The van der Waals surface area contributed by atoms with E-state index in [4.69, 9.17) is 15.9 Å². The minimum absolute atomic E-state index is 0.212. The predicted octanol–water partition coefficient (Wildman–Crippen LogP) is 3.42. The second-order valence-corrected chi connectivity index (χ2v) is 7.09. The molecule has 0 saturated heterocycles. The zero-order valence-electron chi connectivity index (χ0n) is 14.4. The highest BCUT2D eigenvalue weighted by Crippen LogP contribution is 2.36. The van der Waals surface area contributed by atoms with Crippen LogP contribution in [-0.2, 0) is 6.54 Å². The van der Waals surface area contributed by atoms with Crippen LogP contribution in [0.2, 0.25) is 0 Å². The average molecular weight is 364 g/mol. The number of aryl methyl sites for hydroxylation is 2. The van der Waals surface area contributed by atoms with Gasteiger partial charge in [0.2, 0.25) is 6.79 Å². The summed E-state index contributed by atoms with van der Waals surface area (Å²) < 4.78 is 13.7. The maximum Gasteiger partial charge on any atom is 0.279 e. The molecular formula is C20H16N2O3S. The summed E-state index contributed by atoms with van der Waals surface area (Å²) in [7, 11) is 0. The van der Waals surface area contributed by atoms with Gasteiger partial charge in [0.05, 0.1) is 16.8 Å². The molecule has 0 aliphatic carbocycles. The van der Waals surface area contributed by atoms with Crippen LogP contribution in [0.4, 0.5) is 0 Å². The third-order valence-electron chi connectivity index (χ3n) is 4.25. The molecular weight excluding hydrogens is 348 g/mol. The SMILES string of the molecule is C#CCn1c(=NC(=O)c2cc(C)ccc2C)sc2cc3c(cc21)OCO3. The summed E-state index contributed by atoms with van der Waals surface area (Å²) in [6.45, 7) is 4.39. The van der Waals surface area contributed by atoms with E-state index in [2.05, 4.69) is 10.9 Å². The lowest BCUT2D eigenvalue weighted by Crippen LogP contribution is -2.16. The summed E-state index contributed by atoms with van der Waals surface area (Å²) in [6.07, 6.45) is 5.53. The average Bonchev–Trinajstić information content (AvgIpc) is 3.20. The molecule has 130 valence electrons. The molecule has 2 aromatic carbocycles. The Morgan fingerprint density at radius 1 is 1.27 bits per heavy atom. The van der Waals surface area contributed by atoms with E-state index in [-0.39, 0.29) is 12.7 Å². The van der Waals surface area contributed by atoms with Gasteiger partial charge >= 0.3 is 0 Å². The van der Waals surface area contributed by atoms with Gasteiger partial charge in [-0.05, 0) is 25.5 Å². The quantitative estimate of drug-likeness (QED) is 0.655. The first-order valence-electron chi connectivity index (χ1n) is 8.09. The van der Waals surface area contributed by atoms with Gasteiger partial charge in [-0.15, -0.1) is 6.42 Å². The molecule has 0 unspecified atom stereocenters. The number of nitrogens with zero attached hydrogens (tertiary/aromatic N) is 2. The number of carbonyl (C=O) groups excluding carboxylic acids is 1. The smallest absolute Gasteiger partial charge is 0.279 e. The van der Waals surface area contributed by atoms with E-state index in [0.717, 1.165) is 21.3 Å². The minimum Gasteiger partial charge on any atom is -0.454 e. The van der Waals surface area contributed by atoms with Crippen LogP contribution in [0, 0.1) is 26.2 Å². The maximum atomic E-state index is 12.7. The monoisotopic (exact) mass is 364 g/mol. The number of aromatic nitrogens is 1. The molecule has 1 aliphatic rings. The Bertz CT molecular complexity index is 1150. The lowest BCUT2D eigenvalue weighted by Gasteiger charge is -2.03. The van der Waals surface area contributed by atoms with Crippen molar-refractivity contribution in [3.8, 4) is 23.8 Å². The van der Waals surface area contributed by atoms with Crippen molar-refractivity contribution in [2.45, 2.75) is 20.4 Å². The van der Waals surface area contributed by atoms with Gasteiger partial charge in [0.25, 0.3) is 5.91 Å². The molecule has 26 heavy (non-hydrogen) atoms. The number of carbonyl (C=O) groups is 1. The Morgan fingerprint density at radius 2 is 2.04 bits per heavy atom. The number of hydrogen-bond acceptors (Lipinski definition) is 4. The molecule has 3 aromatic rings. The van der Waals surface area contributed by atoms with E-state index in [1.54, 1.807) is 0 Å². The zero-order valence-corrected chi connectivity index (χ0v) is 15.2. The van der Waals surface area contributed by atoms with E-state index in [1.165, 1.54) is 11.3 Å². The molecule has 2 heterocycles. The molecule has 5 nitrogen and oxygen atoms in total.